The second-order valence-corrected chi connectivity index (χ2v) is 12.9. The Morgan fingerprint density at radius 1 is 1.04 bits per heavy atom. The number of halogens is 4. The van der Waals surface area contributed by atoms with Crippen molar-refractivity contribution in [2.24, 2.45) is 0 Å². The number of nitrogens with one attached hydrogen (secondary N) is 4. The van der Waals surface area contributed by atoms with Crippen LogP contribution in [0.25, 0.3) is 22.2 Å². The maximum absolute atomic E-state index is 15.0. The maximum Gasteiger partial charge on any atom is 0.424 e. The summed E-state index contributed by atoms with van der Waals surface area (Å²) < 4.78 is 70.7. The van der Waals surface area contributed by atoms with Crippen LogP contribution in [0.4, 0.5) is 22.4 Å². The minimum absolute atomic E-state index is 0.00397. The molecule has 0 saturated heterocycles. The number of benzene rings is 2. The zero-order valence-corrected chi connectivity index (χ0v) is 28.2. The molecule has 0 radical (unpaired) electrons. The highest BCUT2D eigenvalue weighted by Gasteiger charge is 2.58. The van der Waals surface area contributed by atoms with E-state index in [0.29, 0.717) is 23.1 Å². The molecule has 2 aliphatic rings. The van der Waals surface area contributed by atoms with Gasteiger partial charge in [-0.1, -0.05) is 6.07 Å². The van der Waals surface area contributed by atoms with Gasteiger partial charge in [-0.25, -0.2) is 14.2 Å². The van der Waals surface area contributed by atoms with Crippen LogP contribution in [0, 0.1) is 5.82 Å². The molecule has 0 unspecified atom stereocenters. The number of aromatic nitrogens is 2. The number of hydrogen-bond acceptors (Lipinski definition) is 8. The van der Waals surface area contributed by atoms with Gasteiger partial charge in [-0.05, 0) is 74.7 Å². The number of hydrogen-bond donors (Lipinski definition) is 5. The number of amides is 4. The Labute approximate surface area is 295 Å². The molecule has 12 nitrogen and oxygen atoms in total. The van der Waals surface area contributed by atoms with E-state index < -0.39 is 53.1 Å². The van der Waals surface area contributed by atoms with Crippen LogP contribution in [-0.2, 0) is 15.8 Å². The van der Waals surface area contributed by atoms with Crippen molar-refractivity contribution < 1.29 is 46.5 Å². The lowest BCUT2D eigenvalue weighted by Gasteiger charge is -2.31. The SMILES string of the molecule is CNC(=O)NCCCNC(=O)[C@@]1(C)COc2c1cc([C@@](O)(CNC(=O)c1cc(OC3CC3)c3ncccc3c1)C(F)(F)F)nc2-c1ccc(F)cc1. The van der Waals surface area contributed by atoms with E-state index in [2.05, 4.69) is 31.2 Å². The number of ether oxygens (including phenoxy) is 2. The Bertz CT molecular complexity index is 2010. The largest absolute Gasteiger partial charge is 0.489 e. The highest BCUT2D eigenvalue weighted by molar-refractivity contribution is 6.00. The molecule has 4 amide bonds. The van der Waals surface area contributed by atoms with Gasteiger partial charge >= 0.3 is 12.2 Å². The Kier molecular flexibility index (Phi) is 9.94. The Balaban J connectivity index is 1.33. The monoisotopic (exact) mass is 724 g/mol. The van der Waals surface area contributed by atoms with Gasteiger partial charge in [0.15, 0.2) is 0 Å². The van der Waals surface area contributed by atoms with Gasteiger partial charge in [0.2, 0.25) is 11.5 Å². The van der Waals surface area contributed by atoms with Gasteiger partial charge in [-0.3, -0.25) is 14.6 Å². The molecule has 2 aromatic carbocycles. The van der Waals surface area contributed by atoms with E-state index in [9.17, 15) is 23.9 Å². The standard InChI is InChI=1S/C36H36F4N6O6/c1-34(32(48)43-13-4-14-44-33(49)41-2)19-51-30-25(34)17-27(46-29(30)20-6-8-23(37)9-7-20)35(50,36(38,39)40)18-45-31(47)22-15-21-5-3-12-42-28(21)26(16-22)52-24-10-11-24/h3,5-9,12,15-17,24,50H,4,10-11,13-14,18-19H2,1-2H3,(H,43,48)(H,45,47)(H2,41,44,49)/t34-,35-/m0/s1. The normalized spacial score (nSPS) is 17.8. The first kappa shape index (κ1) is 36.3. The topological polar surface area (TPSA) is 164 Å². The van der Waals surface area contributed by atoms with E-state index in [-0.39, 0.29) is 53.9 Å². The predicted molar refractivity (Wildman–Crippen MR) is 180 cm³/mol. The van der Waals surface area contributed by atoms with Crippen molar-refractivity contribution in [2.75, 3.05) is 33.3 Å². The number of carbonyl (C=O) groups is 3. The highest BCUT2D eigenvalue weighted by Crippen LogP contribution is 2.48. The lowest BCUT2D eigenvalue weighted by atomic mass is 9.81. The van der Waals surface area contributed by atoms with Crippen LogP contribution in [0.2, 0.25) is 0 Å². The van der Waals surface area contributed by atoms with Crippen molar-refractivity contribution in [1.82, 2.24) is 31.2 Å². The first-order valence-electron chi connectivity index (χ1n) is 16.5. The summed E-state index contributed by atoms with van der Waals surface area (Å²) >= 11 is 0. The molecule has 16 heteroatoms. The molecular weight excluding hydrogens is 688 g/mol. The van der Waals surface area contributed by atoms with Gasteiger partial charge in [0.25, 0.3) is 5.91 Å². The number of fused-ring (bicyclic) bond motifs is 2. The van der Waals surface area contributed by atoms with Crippen molar-refractivity contribution in [3.63, 3.8) is 0 Å². The summed E-state index contributed by atoms with van der Waals surface area (Å²) in [6.07, 6.45) is -1.89. The fourth-order valence-electron chi connectivity index (χ4n) is 5.75. The van der Waals surface area contributed by atoms with Crippen molar-refractivity contribution in [3.8, 4) is 22.8 Å². The fourth-order valence-corrected chi connectivity index (χ4v) is 5.75. The van der Waals surface area contributed by atoms with Gasteiger partial charge in [-0.2, -0.15) is 13.2 Å². The number of alkyl halides is 3. The van der Waals surface area contributed by atoms with E-state index in [1.54, 1.807) is 18.3 Å². The van der Waals surface area contributed by atoms with E-state index in [1.165, 1.54) is 38.2 Å². The van der Waals surface area contributed by atoms with Crippen molar-refractivity contribution in [3.05, 3.63) is 83.4 Å². The Morgan fingerprint density at radius 2 is 1.77 bits per heavy atom. The van der Waals surface area contributed by atoms with Gasteiger partial charge in [0.1, 0.15) is 40.5 Å². The summed E-state index contributed by atoms with van der Waals surface area (Å²) in [4.78, 5) is 46.9. The number of nitrogens with zero attached hydrogens (tertiary/aromatic N) is 2. The third-order valence-corrected chi connectivity index (χ3v) is 8.99. The minimum Gasteiger partial charge on any atom is -0.489 e. The van der Waals surface area contributed by atoms with Crippen LogP contribution in [0.5, 0.6) is 11.5 Å². The third kappa shape index (κ3) is 7.28. The fraction of sp³-hybridized carbons (Fsp3) is 0.361. The van der Waals surface area contributed by atoms with Gasteiger partial charge in [0, 0.05) is 48.4 Å². The van der Waals surface area contributed by atoms with Gasteiger partial charge in [0.05, 0.1) is 18.3 Å². The molecule has 274 valence electrons. The zero-order chi connectivity index (χ0) is 37.3. The quantitative estimate of drug-likeness (QED) is 0.107. The summed E-state index contributed by atoms with van der Waals surface area (Å²) in [7, 11) is 1.45. The predicted octanol–water partition coefficient (Wildman–Crippen LogP) is 4.24. The Morgan fingerprint density at radius 3 is 2.46 bits per heavy atom. The number of pyridine rings is 2. The number of rotatable bonds is 12. The molecule has 6 rings (SSSR count). The van der Waals surface area contributed by atoms with Crippen LogP contribution in [0.3, 0.4) is 0 Å². The number of aliphatic hydroxyl groups is 1. The van der Waals surface area contributed by atoms with Gasteiger partial charge < -0.3 is 35.8 Å². The van der Waals surface area contributed by atoms with Crippen molar-refractivity contribution in [1.29, 1.82) is 0 Å². The van der Waals surface area contributed by atoms with E-state index in [4.69, 9.17) is 9.47 Å². The smallest absolute Gasteiger partial charge is 0.424 e. The van der Waals surface area contributed by atoms with Crippen LogP contribution in [-0.4, -0.2) is 78.5 Å². The van der Waals surface area contributed by atoms with E-state index in [0.717, 1.165) is 31.0 Å². The third-order valence-electron chi connectivity index (χ3n) is 8.99. The summed E-state index contributed by atoms with van der Waals surface area (Å²) in [6, 6.07) is 11.5. The lowest BCUT2D eigenvalue weighted by Crippen LogP contribution is -2.52. The molecular formula is C36H36F4N6O6. The number of urea groups is 1. The van der Waals surface area contributed by atoms with E-state index >= 15 is 13.2 Å². The summed E-state index contributed by atoms with van der Waals surface area (Å²) in [5.41, 5.74) is -5.77. The zero-order valence-electron chi connectivity index (χ0n) is 28.2. The maximum atomic E-state index is 15.0. The lowest BCUT2D eigenvalue weighted by molar-refractivity contribution is -0.265. The molecule has 1 saturated carbocycles. The molecule has 0 spiro atoms. The molecule has 0 bridgehead atoms. The van der Waals surface area contributed by atoms with Crippen LogP contribution in [0.1, 0.15) is 47.8 Å². The summed E-state index contributed by atoms with van der Waals surface area (Å²) in [5.74, 6) is -1.84. The molecule has 2 aromatic heterocycles. The molecule has 1 aliphatic carbocycles. The van der Waals surface area contributed by atoms with E-state index in [1.807, 2.05) is 0 Å². The van der Waals surface area contributed by atoms with Crippen LogP contribution >= 0.6 is 0 Å². The molecule has 2 atom stereocenters. The highest BCUT2D eigenvalue weighted by atomic mass is 19.4. The summed E-state index contributed by atoms with van der Waals surface area (Å²) in [6.45, 7) is 0.192. The second kappa shape index (κ2) is 14.3. The average molecular weight is 725 g/mol. The van der Waals surface area contributed by atoms with Crippen molar-refractivity contribution in [2.45, 2.75) is 49.5 Å². The van der Waals surface area contributed by atoms with Crippen LogP contribution in [0.15, 0.2) is 60.8 Å². The first-order chi connectivity index (χ1) is 24.7. The van der Waals surface area contributed by atoms with Crippen LogP contribution < -0.4 is 30.7 Å². The second-order valence-electron chi connectivity index (χ2n) is 12.9. The molecule has 52 heavy (non-hydrogen) atoms. The molecule has 3 heterocycles. The summed E-state index contributed by atoms with van der Waals surface area (Å²) in [5, 5.41) is 22.0. The number of carbonyl (C=O) groups excluding carboxylic acids is 3. The molecule has 5 N–H and O–H groups in total. The average Bonchev–Trinajstić information content (AvgIpc) is 3.88. The molecule has 4 aromatic rings. The molecule has 1 fully saturated rings. The van der Waals surface area contributed by atoms with Crippen molar-refractivity contribution >= 4 is 28.7 Å². The Hall–Kier alpha value is -5.51. The first-order valence-corrected chi connectivity index (χ1v) is 16.5. The van der Waals surface area contributed by atoms with Gasteiger partial charge in [-0.15, -0.1) is 0 Å². The minimum atomic E-state index is -5.38. The molecule has 1 aliphatic heterocycles.